The molecule has 0 spiro atoms. The number of rotatable bonds is 12. The van der Waals surface area contributed by atoms with Gasteiger partial charge < -0.3 is 14.0 Å². The Kier molecular flexibility index (Phi) is 8.98. The molecular weight excluding hydrogens is 424 g/mol. The fourth-order valence-corrected chi connectivity index (χ4v) is 4.00. The number of unbranched alkanes of at least 4 members (excludes halogenated alkanes) is 5. The lowest BCUT2D eigenvalue weighted by atomic mass is 10.1. The third-order valence-corrected chi connectivity index (χ3v) is 5.92. The number of nitrogens with zero attached hydrogens (tertiary/aromatic N) is 2. The number of aryl methyl sites for hydroxylation is 1. The highest BCUT2D eigenvalue weighted by atomic mass is 35.5. The zero-order chi connectivity index (χ0) is 22.9. The molecule has 2 aromatic carbocycles. The van der Waals surface area contributed by atoms with Gasteiger partial charge in [0.15, 0.2) is 0 Å². The summed E-state index contributed by atoms with van der Waals surface area (Å²) < 4.78 is 13.1. The summed E-state index contributed by atoms with van der Waals surface area (Å²) in [7, 11) is 0. The molecule has 0 fully saturated rings. The highest BCUT2D eigenvalue weighted by Gasteiger charge is 2.14. The van der Waals surface area contributed by atoms with E-state index in [-0.39, 0.29) is 5.97 Å². The molecule has 0 aliphatic rings. The van der Waals surface area contributed by atoms with Crippen molar-refractivity contribution in [2.75, 3.05) is 13.2 Å². The molecule has 0 N–H and O–H groups in total. The Labute approximate surface area is 195 Å². The Bertz CT molecular complexity index is 1040. The van der Waals surface area contributed by atoms with E-state index in [2.05, 4.69) is 16.5 Å². The van der Waals surface area contributed by atoms with Gasteiger partial charge in [-0.05, 0) is 56.2 Å². The topological polar surface area (TPSA) is 53.4 Å². The van der Waals surface area contributed by atoms with E-state index in [1.165, 1.54) is 32.1 Å². The van der Waals surface area contributed by atoms with Crippen LogP contribution in [0.2, 0.25) is 5.02 Å². The Morgan fingerprint density at radius 3 is 2.56 bits per heavy atom. The van der Waals surface area contributed by atoms with E-state index in [1.54, 1.807) is 13.0 Å². The molecule has 0 amide bonds. The highest BCUT2D eigenvalue weighted by molar-refractivity contribution is 6.31. The van der Waals surface area contributed by atoms with Gasteiger partial charge >= 0.3 is 5.97 Å². The second-order valence-electron chi connectivity index (χ2n) is 8.04. The molecular formula is C26H33ClN2O3. The van der Waals surface area contributed by atoms with Crippen molar-refractivity contribution in [1.29, 1.82) is 0 Å². The van der Waals surface area contributed by atoms with Crippen molar-refractivity contribution in [3.8, 4) is 5.75 Å². The molecule has 0 unspecified atom stereocenters. The molecule has 0 atom stereocenters. The zero-order valence-corrected chi connectivity index (χ0v) is 20.1. The number of carbonyl (C=O) groups excluding carboxylic acids is 1. The van der Waals surface area contributed by atoms with Gasteiger partial charge in [-0.2, -0.15) is 0 Å². The number of aromatic nitrogens is 2. The van der Waals surface area contributed by atoms with E-state index < -0.39 is 0 Å². The number of benzene rings is 2. The molecule has 0 radical (unpaired) electrons. The fourth-order valence-electron chi connectivity index (χ4n) is 3.77. The van der Waals surface area contributed by atoms with Crippen molar-refractivity contribution in [2.24, 2.45) is 0 Å². The van der Waals surface area contributed by atoms with Crippen LogP contribution in [0.15, 0.2) is 36.4 Å². The number of fused-ring (bicyclic) bond motifs is 1. The Morgan fingerprint density at radius 2 is 1.81 bits per heavy atom. The number of hydrogen-bond donors (Lipinski definition) is 0. The minimum absolute atomic E-state index is 0.329. The molecule has 6 heteroatoms. The normalized spacial score (nSPS) is 11.1. The van der Waals surface area contributed by atoms with Crippen molar-refractivity contribution >= 4 is 28.6 Å². The van der Waals surface area contributed by atoms with E-state index in [1.807, 2.05) is 37.3 Å². The molecule has 0 aliphatic heterocycles. The van der Waals surface area contributed by atoms with Crippen molar-refractivity contribution in [2.45, 2.75) is 65.8 Å². The first-order valence-corrected chi connectivity index (χ1v) is 12.0. The smallest absolute Gasteiger partial charge is 0.338 e. The maximum atomic E-state index is 12.1. The van der Waals surface area contributed by atoms with Crippen LogP contribution in [-0.4, -0.2) is 28.7 Å². The third-order valence-electron chi connectivity index (χ3n) is 5.57. The van der Waals surface area contributed by atoms with Crippen LogP contribution in [-0.2, 0) is 11.3 Å². The van der Waals surface area contributed by atoms with Crippen LogP contribution >= 0.6 is 11.6 Å². The average Bonchev–Trinajstić information content (AvgIpc) is 3.09. The van der Waals surface area contributed by atoms with Gasteiger partial charge in [0, 0.05) is 5.02 Å². The number of imidazole rings is 1. The summed E-state index contributed by atoms with van der Waals surface area (Å²) >= 11 is 6.58. The lowest BCUT2D eigenvalue weighted by molar-refractivity contribution is 0.0526. The minimum atomic E-state index is -0.329. The largest absolute Gasteiger partial charge is 0.494 e. The maximum Gasteiger partial charge on any atom is 0.338 e. The summed E-state index contributed by atoms with van der Waals surface area (Å²) in [5.74, 6) is 1.33. The van der Waals surface area contributed by atoms with E-state index in [0.717, 1.165) is 34.6 Å². The van der Waals surface area contributed by atoms with Gasteiger partial charge in [0.2, 0.25) is 0 Å². The predicted octanol–water partition coefficient (Wildman–Crippen LogP) is 6.96. The molecule has 3 rings (SSSR count). The zero-order valence-electron chi connectivity index (χ0n) is 19.3. The van der Waals surface area contributed by atoms with Gasteiger partial charge in [-0.3, -0.25) is 0 Å². The van der Waals surface area contributed by atoms with Gasteiger partial charge in [-0.25, -0.2) is 9.78 Å². The van der Waals surface area contributed by atoms with Crippen LogP contribution in [0.1, 0.15) is 74.1 Å². The lowest BCUT2D eigenvalue weighted by Crippen LogP contribution is -2.06. The third kappa shape index (κ3) is 6.26. The molecule has 1 aromatic heterocycles. The number of ether oxygens (including phenoxy) is 2. The number of carbonyl (C=O) groups is 1. The van der Waals surface area contributed by atoms with Gasteiger partial charge in [-0.15, -0.1) is 0 Å². The molecule has 0 bridgehead atoms. The molecule has 3 aromatic rings. The van der Waals surface area contributed by atoms with Crippen LogP contribution in [0.5, 0.6) is 5.75 Å². The first-order chi connectivity index (χ1) is 15.5. The predicted molar refractivity (Wildman–Crippen MR) is 130 cm³/mol. The quantitative estimate of drug-likeness (QED) is 0.218. The van der Waals surface area contributed by atoms with Crippen molar-refractivity contribution in [3.63, 3.8) is 0 Å². The van der Waals surface area contributed by atoms with Gasteiger partial charge in [0.25, 0.3) is 0 Å². The van der Waals surface area contributed by atoms with E-state index in [4.69, 9.17) is 21.1 Å². The van der Waals surface area contributed by atoms with Crippen molar-refractivity contribution in [3.05, 3.63) is 58.4 Å². The second kappa shape index (κ2) is 11.9. The maximum absolute atomic E-state index is 12.1. The molecule has 0 aliphatic carbocycles. The molecule has 32 heavy (non-hydrogen) atoms. The van der Waals surface area contributed by atoms with Crippen LogP contribution in [0, 0.1) is 6.92 Å². The fraction of sp³-hybridized carbons (Fsp3) is 0.462. The first-order valence-electron chi connectivity index (χ1n) is 11.6. The highest BCUT2D eigenvalue weighted by Crippen LogP contribution is 2.26. The summed E-state index contributed by atoms with van der Waals surface area (Å²) in [6.07, 6.45) is 7.42. The average molecular weight is 457 g/mol. The van der Waals surface area contributed by atoms with Gasteiger partial charge in [0.05, 0.1) is 36.4 Å². The summed E-state index contributed by atoms with van der Waals surface area (Å²) in [5, 5.41) is 0.660. The van der Waals surface area contributed by atoms with Crippen molar-refractivity contribution < 1.29 is 14.3 Å². The summed E-state index contributed by atoms with van der Waals surface area (Å²) in [5.41, 5.74) is 3.21. The van der Waals surface area contributed by atoms with Gasteiger partial charge in [-0.1, -0.05) is 56.7 Å². The Balaban J connectivity index is 1.67. The minimum Gasteiger partial charge on any atom is -0.494 e. The van der Waals surface area contributed by atoms with Crippen LogP contribution in [0.3, 0.4) is 0 Å². The SMILES string of the molecule is CCCCCCCCOc1ccc(Cn2c(C)nc3ccc(C(=O)OCC)cc32)c(Cl)c1. The number of halogens is 1. The standard InChI is InChI=1S/C26H33ClN2O3/c1-4-6-7-8-9-10-15-32-22-13-11-21(23(27)17-22)18-29-19(3)28-24-14-12-20(16-25(24)29)26(30)31-5-2/h11-14,16-17H,4-10,15,18H2,1-3H3. The summed E-state index contributed by atoms with van der Waals surface area (Å²) in [6.45, 7) is 7.60. The molecule has 172 valence electrons. The van der Waals surface area contributed by atoms with Crippen LogP contribution < -0.4 is 4.74 Å². The lowest BCUT2D eigenvalue weighted by Gasteiger charge is -2.12. The molecule has 0 saturated heterocycles. The monoisotopic (exact) mass is 456 g/mol. The number of esters is 1. The molecule has 1 heterocycles. The van der Waals surface area contributed by atoms with Crippen LogP contribution in [0.25, 0.3) is 11.0 Å². The molecule has 0 saturated carbocycles. The van der Waals surface area contributed by atoms with Gasteiger partial charge in [0.1, 0.15) is 11.6 Å². The molecule has 5 nitrogen and oxygen atoms in total. The van der Waals surface area contributed by atoms with Crippen LogP contribution in [0.4, 0.5) is 0 Å². The summed E-state index contributed by atoms with van der Waals surface area (Å²) in [6, 6.07) is 11.3. The Morgan fingerprint density at radius 1 is 1.03 bits per heavy atom. The van der Waals surface area contributed by atoms with E-state index >= 15 is 0 Å². The first kappa shape index (κ1) is 24.1. The Hall–Kier alpha value is -2.53. The number of hydrogen-bond acceptors (Lipinski definition) is 4. The van der Waals surface area contributed by atoms with Crippen molar-refractivity contribution in [1.82, 2.24) is 9.55 Å². The summed E-state index contributed by atoms with van der Waals surface area (Å²) in [4.78, 5) is 16.8. The second-order valence-corrected chi connectivity index (χ2v) is 8.45. The van der Waals surface area contributed by atoms with E-state index in [0.29, 0.717) is 30.3 Å². The van der Waals surface area contributed by atoms with E-state index in [9.17, 15) is 4.79 Å².